The van der Waals surface area contributed by atoms with Crippen molar-refractivity contribution in [2.24, 2.45) is 5.92 Å². The number of nitrogens with zero attached hydrogens (tertiary/aromatic N) is 4. The molecule has 2 amide bonds. The van der Waals surface area contributed by atoms with Gasteiger partial charge in [0.15, 0.2) is 0 Å². The lowest BCUT2D eigenvalue weighted by molar-refractivity contribution is -0.137. The topological polar surface area (TPSA) is 89.1 Å². The molecule has 3 N–H and O–H groups in total. The van der Waals surface area contributed by atoms with E-state index in [9.17, 15) is 18.0 Å². The van der Waals surface area contributed by atoms with Crippen LogP contribution >= 0.6 is 0 Å². The molecule has 36 heavy (non-hydrogen) atoms. The summed E-state index contributed by atoms with van der Waals surface area (Å²) in [6, 6.07) is 12.9. The van der Waals surface area contributed by atoms with Crippen molar-refractivity contribution in [3.63, 3.8) is 0 Å². The van der Waals surface area contributed by atoms with E-state index in [1.807, 2.05) is 33.8 Å². The largest absolute Gasteiger partial charge is 0.419 e. The number of amides is 2. The third-order valence-corrected chi connectivity index (χ3v) is 7.82. The number of pyridine rings is 1. The first kappa shape index (κ1) is 22.9. The maximum absolute atomic E-state index is 13.3. The number of anilines is 1. The summed E-state index contributed by atoms with van der Waals surface area (Å²) in [4.78, 5) is 18.9. The number of hydrogen-bond acceptors (Lipinski definition) is 4. The zero-order valence-corrected chi connectivity index (χ0v) is 19.6. The standard InChI is InChI=1S/C26H27F3N6O/c27-26(28,29)19-12-18(14-31-23(19)30)20-13-21-25(9-11-35(21)33-20)8-10-34(15-25)24(36)32-22(17-6-7-17)16-4-2-1-3-5-16/h1-5,12-14,17,22H,6-11,15H2,(H2,30,31)(H,32,36)/t22?,25-/m0/s1. The van der Waals surface area contributed by atoms with Crippen molar-refractivity contribution in [2.45, 2.75) is 49.9 Å². The number of alkyl halides is 3. The van der Waals surface area contributed by atoms with Crippen LogP contribution in [0.2, 0.25) is 0 Å². The minimum Gasteiger partial charge on any atom is -0.383 e. The molecule has 1 saturated heterocycles. The van der Waals surface area contributed by atoms with Crippen LogP contribution in [0.5, 0.6) is 0 Å². The van der Waals surface area contributed by atoms with Crippen molar-refractivity contribution in [1.29, 1.82) is 0 Å². The Hall–Kier alpha value is -3.56. The predicted octanol–water partition coefficient (Wildman–Crippen LogP) is 4.75. The average Bonchev–Trinajstić information content (AvgIpc) is 3.31. The SMILES string of the molecule is Nc1ncc(-c2cc3n(n2)CC[C@]32CCN(C(=O)NC(c3ccccc3)C3CC3)C2)cc1C(F)(F)F. The van der Waals surface area contributed by atoms with E-state index in [0.717, 1.165) is 43.0 Å². The summed E-state index contributed by atoms with van der Waals surface area (Å²) in [5.74, 6) is -0.0783. The molecule has 3 aliphatic rings. The average molecular weight is 497 g/mol. The van der Waals surface area contributed by atoms with Crippen molar-refractivity contribution in [2.75, 3.05) is 18.8 Å². The molecule has 1 aliphatic carbocycles. The molecule has 0 bridgehead atoms. The fraction of sp³-hybridized carbons (Fsp3) is 0.423. The van der Waals surface area contributed by atoms with Gasteiger partial charge in [-0.1, -0.05) is 30.3 Å². The maximum Gasteiger partial charge on any atom is 0.419 e. The fourth-order valence-electron chi connectivity index (χ4n) is 5.69. The molecule has 3 aromatic rings. The number of halogens is 3. The van der Waals surface area contributed by atoms with Gasteiger partial charge in [-0.25, -0.2) is 9.78 Å². The Morgan fingerprint density at radius 1 is 1.14 bits per heavy atom. The van der Waals surface area contributed by atoms with E-state index < -0.39 is 17.6 Å². The lowest BCUT2D eigenvalue weighted by Gasteiger charge is -2.26. The van der Waals surface area contributed by atoms with Gasteiger partial charge in [0, 0.05) is 42.5 Å². The molecule has 2 atom stereocenters. The molecule has 10 heteroatoms. The molecule has 4 heterocycles. The van der Waals surface area contributed by atoms with Crippen molar-refractivity contribution in [1.82, 2.24) is 25.0 Å². The molecule has 2 aliphatic heterocycles. The number of nitrogen functional groups attached to an aromatic ring is 1. The molecular formula is C26H27F3N6O. The van der Waals surface area contributed by atoms with Gasteiger partial charge in [-0.05, 0) is 49.3 Å². The normalized spacial score (nSPS) is 22.1. The quantitative estimate of drug-likeness (QED) is 0.545. The Balaban J connectivity index is 1.21. The van der Waals surface area contributed by atoms with E-state index in [4.69, 9.17) is 5.73 Å². The van der Waals surface area contributed by atoms with Crippen molar-refractivity contribution < 1.29 is 18.0 Å². The number of benzene rings is 1. The first-order valence-corrected chi connectivity index (χ1v) is 12.3. The van der Waals surface area contributed by atoms with Gasteiger partial charge >= 0.3 is 12.2 Å². The maximum atomic E-state index is 13.3. The van der Waals surface area contributed by atoms with E-state index in [1.54, 1.807) is 0 Å². The second-order valence-electron chi connectivity index (χ2n) is 10.2. The van der Waals surface area contributed by atoms with Crippen LogP contribution in [0.4, 0.5) is 23.8 Å². The first-order chi connectivity index (χ1) is 17.2. The van der Waals surface area contributed by atoms with Gasteiger partial charge < -0.3 is 16.0 Å². The summed E-state index contributed by atoms with van der Waals surface area (Å²) in [6.07, 6.45) is 0.597. The highest BCUT2D eigenvalue weighted by Gasteiger charge is 2.47. The second kappa shape index (κ2) is 8.25. The molecule has 0 radical (unpaired) electrons. The van der Waals surface area contributed by atoms with Crippen molar-refractivity contribution in [3.8, 4) is 11.3 Å². The van der Waals surface area contributed by atoms with Gasteiger partial charge in [-0.2, -0.15) is 18.3 Å². The number of hydrogen-bond donors (Lipinski definition) is 2. The van der Waals surface area contributed by atoms with Gasteiger partial charge in [0.05, 0.1) is 17.3 Å². The summed E-state index contributed by atoms with van der Waals surface area (Å²) in [5, 5.41) is 7.83. The van der Waals surface area contributed by atoms with Crippen LogP contribution in [-0.4, -0.2) is 38.8 Å². The Labute approximate surface area is 206 Å². The zero-order chi connectivity index (χ0) is 25.1. The zero-order valence-electron chi connectivity index (χ0n) is 19.6. The summed E-state index contributed by atoms with van der Waals surface area (Å²) in [7, 11) is 0. The number of carbonyl (C=O) groups is 1. The van der Waals surface area contributed by atoms with Crippen LogP contribution in [-0.2, 0) is 18.1 Å². The van der Waals surface area contributed by atoms with Crippen LogP contribution < -0.4 is 11.1 Å². The smallest absolute Gasteiger partial charge is 0.383 e. The number of urea groups is 1. The number of nitrogens with two attached hydrogens (primary N) is 1. The molecule has 1 aromatic carbocycles. The molecule has 1 spiro atoms. The number of carbonyl (C=O) groups excluding carboxylic acids is 1. The summed E-state index contributed by atoms with van der Waals surface area (Å²) in [6.45, 7) is 1.85. The third-order valence-electron chi connectivity index (χ3n) is 7.82. The number of rotatable bonds is 4. The number of aromatic nitrogens is 3. The molecule has 1 saturated carbocycles. The molecule has 1 unspecified atom stereocenters. The van der Waals surface area contributed by atoms with Crippen LogP contribution in [0.3, 0.4) is 0 Å². The summed E-state index contributed by atoms with van der Waals surface area (Å²) in [5.41, 5.74) is 7.04. The number of likely N-dealkylation sites (tertiary alicyclic amines) is 1. The fourth-order valence-corrected chi connectivity index (χ4v) is 5.69. The molecular weight excluding hydrogens is 469 g/mol. The van der Waals surface area contributed by atoms with Gasteiger partial charge in [0.1, 0.15) is 5.82 Å². The van der Waals surface area contributed by atoms with Gasteiger partial charge in [0.2, 0.25) is 0 Å². The van der Waals surface area contributed by atoms with Crippen molar-refractivity contribution in [3.05, 3.63) is 65.5 Å². The number of nitrogens with one attached hydrogen (secondary N) is 1. The van der Waals surface area contributed by atoms with Crippen LogP contribution in [0.25, 0.3) is 11.3 Å². The Morgan fingerprint density at radius 3 is 2.61 bits per heavy atom. The van der Waals surface area contributed by atoms with E-state index in [0.29, 0.717) is 31.2 Å². The van der Waals surface area contributed by atoms with Gasteiger partial charge in [-0.3, -0.25) is 4.68 Å². The minimum atomic E-state index is -4.59. The Kier molecular flexibility index (Phi) is 5.24. The monoisotopic (exact) mass is 496 g/mol. The highest BCUT2D eigenvalue weighted by Crippen LogP contribution is 2.45. The van der Waals surface area contributed by atoms with E-state index in [1.165, 1.54) is 6.20 Å². The van der Waals surface area contributed by atoms with Crippen LogP contribution in [0.1, 0.15) is 48.5 Å². The number of fused-ring (bicyclic) bond motifs is 2. The molecule has 2 aromatic heterocycles. The lowest BCUT2D eigenvalue weighted by Crippen LogP contribution is -2.42. The van der Waals surface area contributed by atoms with Crippen LogP contribution in [0, 0.1) is 5.92 Å². The minimum absolute atomic E-state index is 0.0109. The Morgan fingerprint density at radius 2 is 1.89 bits per heavy atom. The Bertz CT molecular complexity index is 1300. The van der Waals surface area contributed by atoms with Crippen molar-refractivity contribution >= 4 is 11.8 Å². The third kappa shape index (κ3) is 3.98. The summed E-state index contributed by atoms with van der Waals surface area (Å²) < 4.78 is 41.8. The first-order valence-electron chi connectivity index (χ1n) is 12.3. The summed E-state index contributed by atoms with van der Waals surface area (Å²) >= 11 is 0. The van der Waals surface area contributed by atoms with Gasteiger partial charge in [-0.15, -0.1) is 0 Å². The van der Waals surface area contributed by atoms with E-state index in [2.05, 4.69) is 27.5 Å². The molecule has 2 fully saturated rings. The molecule has 188 valence electrons. The second-order valence-corrected chi connectivity index (χ2v) is 10.2. The van der Waals surface area contributed by atoms with Gasteiger partial charge in [0.25, 0.3) is 0 Å². The van der Waals surface area contributed by atoms with E-state index >= 15 is 0 Å². The highest BCUT2D eigenvalue weighted by molar-refractivity contribution is 5.75. The lowest BCUT2D eigenvalue weighted by atomic mass is 9.82. The number of aryl methyl sites for hydroxylation is 1. The van der Waals surface area contributed by atoms with Crippen LogP contribution in [0.15, 0.2) is 48.7 Å². The molecule has 7 nitrogen and oxygen atoms in total. The molecule has 6 rings (SSSR count). The predicted molar refractivity (Wildman–Crippen MR) is 128 cm³/mol. The highest BCUT2D eigenvalue weighted by atomic mass is 19.4. The van der Waals surface area contributed by atoms with E-state index in [-0.39, 0.29) is 23.1 Å².